The van der Waals surface area contributed by atoms with E-state index in [2.05, 4.69) is 25.7 Å². The molecule has 11 heteroatoms. The summed E-state index contributed by atoms with van der Waals surface area (Å²) in [5.74, 6) is -1.00. The van der Waals surface area contributed by atoms with Gasteiger partial charge in [0.1, 0.15) is 17.5 Å². The maximum atomic E-state index is 14.0. The monoisotopic (exact) mass is 1010 g/mol. The summed E-state index contributed by atoms with van der Waals surface area (Å²) in [6.07, 6.45) is 35.3. The number of carbonyl (C=O) groups is 6. The predicted octanol–water partition coefficient (Wildman–Crippen LogP) is 13.2. The molecule has 3 saturated carbocycles. The molecule has 3 fully saturated rings. The van der Waals surface area contributed by atoms with Crippen molar-refractivity contribution in [3.8, 4) is 0 Å². The third kappa shape index (κ3) is 19.0. The third-order valence-corrected chi connectivity index (χ3v) is 17.9. The van der Waals surface area contributed by atoms with Crippen LogP contribution in [0.2, 0.25) is 0 Å². The van der Waals surface area contributed by atoms with E-state index in [4.69, 9.17) is 9.47 Å². The first-order valence-corrected chi connectivity index (χ1v) is 29.9. The molecule has 4 aliphatic carbocycles. The van der Waals surface area contributed by atoms with Crippen LogP contribution in [-0.4, -0.2) is 102 Å². The van der Waals surface area contributed by atoms with E-state index >= 15 is 0 Å². The van der Waals surface area contributed by atoms with Gasteiger partial charge < -0.3 is 24.4 Å². The fourth-order valence-corrected chi connectivity index (χ4v) is 13.4. The molecule has 6 unspecified atom stereocenters. The van der Waals surface area contributed by atoms with Crippen molar-refractivity contribution in [3.05, 3.63) is 11.6 Å². The Morgan fingerprint density at radius 3 is 1.79 bits per heavy atom. The van der Waals surface area contributed by atoms with Crippen LogP contribution in [0.4, 0.5) is 0 Å². The Morgan fingerprint density at radius 1 is 0.653 bits per heavy atom. The number of allylic oxidation sites excluding steroid dienone is 1. The van der Waals surface area contributed by atoms with E-state index in [1.165, 1.54) is 103 Å². The Balaban J connectivity index is 1.18. The maximum Gasteiger partial charge on any atom is 0.306 e. The molecule has 0 heterocycles. The summed E-state index contributed by atoms with van der Waals surface area (Å²) in [6, 6.07) is 0. The Morgan fingerprint density at radius 2 is 1.19 bits per heavy atom. The van der Waals surface area contributed by atoms with E-state index in [1.54, 1.807) is 6.08 Å². The van der Waals surface area contributed by atoms with Gasteiger partial charge in [-0.25, -0.2) is 0 Å². The number of rotatable bonds is 39. The lowest BCUT2D eigenvalue weighted by atomic mass is 9.46. The molecule has 4 rings (SSSR count). The molecule has 0 aromatic carbocycles. The molecule has 1 amide bonds. The molecule has 0 aromatic heterocycles. The lowest BCUT2D eigenvalue weighted by molar-refractivity contribution is -0.173. The molecule has 0 aliphatic heterocycles. The molecule has 0 spiro atoms. The summed E-state index contributed by atoms with van der Waals surface area (Å²) in [4.78, 5) is 83.7. The topological polar surface area (TPSA) is 148 Å². The van der Waals surface area contributed by atoms with Crippen LogP contribution in [0.5, 0.6) is 0 Å². The number of aliphatic hydroxyl groups is 1. The van der Waals surface area contributed by atoms with Crippen molar-refractivity contribution in [1.82, 2.24) is 9.80 Å². The molecule has 72 heavy (non-hydrogen) atoms. The zero-order valence-electron chi connectivity index (χ0n) is 46.8. The van der Waals surface area contributed by atoms with Crippen molar-refractivity contribution >= 4 is 35.2 Å². The standard InChI is InChI=1S/C61H104N2O9/c1-7-9-11-13-15-17-19-21-24-31-50(32-25-22-20-18-16-14-12-10-8-2)72-57(69)35-27-29-44-63(55(67)33-30-42-62(5)6)43-28-23-26-34-56(68)71-47-54(66)61(70)41-39-52-51-37-36-48-45-49(64)38-40-59(48,3)58(51)53(65)46-60(52,61)4/h45,50-52,58,70H,7-44,46-47H2,1-6H3. The Kier molecular flexibility index (Phi) is 27.8. The molecule has 0 bridgehead atoms. The number of carbonyl (C=O) groups excluding carboxylic acids is 6. The lowest BCUT2D eigenvalue weighted by Gasteiger charge is -2.57. The van der Waals surface area contributed by atoms with Gasteiger partial charge >= 0.3 is 11.9 Å². The molecular formula is C61H104N2O9. The largest absolute Gasteiger partial charge is 0.462 e. The summed E-state index contributed by atoms with van der Waals surface area (Å²) in [5.41, 5.74) is -1.95. The zero-order valence-corrected chi connectivity index (χ0v) is 46.8. The Bertz CT molecular complexity index is 1690. The van der Waals surface area contributed by atoms with Gasteiger partial charge in [0.15, 0.2) is 12.4 Å². The van der Waals surface area contributed by atoms with Crippen molar-refractivity contribution in [2.75, 3.05) is 40.3 Å². The van der Waals surface area contributed by atoms with Crippen LogP contribution in [0, 0.1) is 28.6 Å². The number of esters is 2. The number of nitrogens with zero attached hydrogens (tertiary/aromatic N) is 2. The third-order valence-electron chi connectivity index (χ3n) is 17.9. The minimum Gasteiger partial charge on any atom is -0.462 e. The average Bonchev–Trinajstić information content (AvgIpc) is 3.62. The van der Waals surface area contributed by atoms with E-state index in [0.717, 1.165) is 69.9 Å². The van der Waals surface area contributed by atoms with Crippen molar-refractivity contribution in [3.63, 3.8) is 0 Å². The first kappa shape index (κ1) is 61.6. The van der Waals surface area contributed by atoms with Crippen molar-refractivity contribution in [1.29, 1.82) is 0 Å². The van der Waals surface area contributed by atoms with E-state index in [9.17, 15) is 33.9 Å². The van der Waals surface area contributed by atoms with Crippen LogP contribution in [-0.2, 0) is 38.2 Å². The molecule has 412 valence electrons. The molecular weight excluding hydrogens is 905 g/mol. The summed E-state index contributed by atoms with van der Waals surface area (Å²) in [5, 5.41) is 12.1. The van der Waals surface area contributed by atoms with Crippen LogP contribution in [0.1, 0.15) is 259 Å². The fraction of sp³-hybridized carbons (Fsp3) is 0.869. The second-order valence-electron chi connectivity index (χ2n) is 23.8. The average molecular weight is 1010 g/mol. The van der Waals surface area contributed by atoms with Gasteiger partial charge in [0, 0.05) is 56.5 Å². The fourth-order valence-electron chi connectivity index (χ4n) is 13.4. The second-order valence-corrected chi connectivity index (χ2v) is 23.8. The maximum absolute atomic E-state index is 14.0. The van der Waals surface area contributed by atoms with Gasteiger partial charge in [-0.05, 0) is 134 Å². The number of unbranched alkanes of at least 4 members (excludes halogenated alkanes) is 19. The Labute approximate surface area is 437 Å². The van der Waals surface area contributed by atoms with Crippen LogP contribution in [0.15, 0.2) is 11.6 Å². The minimum absolute atomic E-state index is 0.00678. The molecule has 0 saturated heterocycles. The van der Waals surface area contributed by atoms with Gasteiger partial charge in [-0.3, -0.25) is 28.8 Å². The highest BCUT2D eigenvalue weighted by atomic mass is 16.5. The van der Waals surface area contributed by atoms with Gasteiger partial charge in [0.05, 0.1) is 0 Å². The number of ketones is 3. The highest BCUT2D eigenvalue weighted by Gasteiger charge is 2.68. The van der Waals surface area contributed by atoms with Crippen molar-refractivity contribution in [2.24, 2.45) is 28.6 Å². The number of Topliss-reactive ketones (excluding diaryl/α,β-unsaturated/α-hetero) is 2. The molecule has 0 aromatic rings. The van der Waals surface area contributed by atoms with E-state index in [0.29, 0.717) is 64.5 Å². The summed E-state index contributed by atoms with van der Waals surface area (Å²) >= 11 is 0. The highest BCUT2D eigenvalue weighted by Crippen LogP contribution is 2.66. The van der Waals surface area contributed by atoms with E-state index in [1.807, 2.05) is 25.9 Å². The van der Waals surface area contributed by atoms with Gasteiger partial charge in [-0.1, -0.05) is 142 Å². The van der Waals surface area contributed by atoms with Crippen LogP contribution >= 0.6 is 0 Å². The van der Waals surface area contributed by atoms with Gasteiger partial charge in [0.25, 0.3) is 0 Å². The highest BCUT2D eigenvalue weighted by molar-refractivity contribution is 5.95. The van der Waals surface area contributed by atoms with Crippen molar-refractivity contribution in [2.45, 2.75) is 271 Å². The number of ether oxygens (including phenoxy) is 2. The summed E-state index contributed by atoms with van der Waals surface area (Å²) < 4.78 is 11.6. The summed E-state index contributed by atoms with van der Waals surface area (Å²) in [6.45, 7) is 9.99. The zero-order chi connectivity index (χ0) is 52.4. The SMILES string of the molecule is CCCCCCCCCCCC(CCCCCCCCCCC)OC(=O)CCCCN(CCCCCC(=O)OCC(=O)C1(O)CCC2C3CCC4=CC(=O)CCC4(C)C3C(=O)CC21C)C(=O)CCCN(C)C. The van der Waals surface area contributed by atoms with Crippen LogP contribution < -0.4 is 0 Å². The smallest absolute Gasteiger partial charge is 0.306 e. The predicted molar refractivity (Wildman–Crippen MR) is 288 cm³/mol. The second kappa shape index (κ2) is 32.5. The summed E-state index contributed by atoms with van der Waals surface area (Å²) in [7, 11) is 4.01. The number of fused-ring (bicyclic) bond motifs is 5. The minimum atomic E-state index is -1.75. The van der Waals surface area contributed by atoms with Gasteiger partial charge in [-0.2, -0.15) is 0 Å². The first-order chi connectivity index (χ1) is 34.6. The number of hydrogen-bond donors (Lipinski definition) is 1. The normalized spacial score (nSPS) is 24.7. The van der Waals surface area contributed by atoms with E-state index in [-0.39, 0.29) is 72.0 Å². The Hall–Kier alpha value is -2.92. The quantitative estimate of drug-likeness (QED) is 0.0466. The van der Waals surface area contributed by atoms with Crippen LogP contribution in [0.25, 0.3) is 0 Å². The van der Waals surface area contributed by atoms with Gasteiger partial charge in [0.2, 0.25) is 11.7 Å². The van der Waals surface area contributed by atoms with Crippen molar-refractivity contribution < 1.29 is 43.3 Å². The first-order valence-electron chi connectivity index (χ1n) is 29.9. The van der Waals surface area contributed by atoms with Gasteiger partial charge in [-0.15, -0.1) is 0 Å². The number of amides is 1. The lowest BCUT2D eigenvalue weighted by Crippen LogP contribution is -2.61. The molecule has 6 atom stereocenters. The molecule has 0 radical (unpaired) electrons. The number of hydrogen-bond acceptors (Lipinski definition) is 10. The molecule has 11 nitrogen and oxygen atoms in total. The van der Waals surface area contributed by atoms with Crippen LogP contribution in [0.3, 0.4) is 0 Å². The van der Waals surface area contributed by atoms with E-state index < -0.39 is 29.4 Å². The molecule has 1 N–H and O–H groups in total. The molecule has 4 aliphatic rings.